The molecule has 3 heterocycles. The van der Waals surface area contributed by atoms with Gasteiger partial charge in [0.1, 0.15) is 6.10 Å². The number of para-hydroxylation sites is 1. The molecule has 0 saturated carbocycles. The van der Waals surface area contributed by atoms with Crippen molar-refractivity contribution in [1.82, 2.24) is 24.4 Å². The third-order valence-corrected chi connectivity index (χ3v) is 5.38. The molecule has 3 aromatic rings. The minimum Gasteiger partial charge on any atom is -0.470 e. The van der Waals surface area contributed by atoms with Gasteiger partial charge in [-0.15, -0.1) is 0 Å². The maximum atomic E-state index is 12.8. The van der Waals surface area contributed by atoms with Gasteiger partial charge in [0.15, 0.2) is 5.82 Å². The van der Waals surface area contributed by atoms with Gasteiger partial charge in [-0.05, 0) is 25.0 Å². The molecule has 0 bridgehead atoms. The van der Waals surface area contributed by atoms with Gasteiger partial charge in [-0.1, -0.05) is 12.1 Å². The summed E-state index contributed by atoms with van der Waals surface area (Å²) in [6.07, 6.45) is 6.54. The Kier molecular flexibility index (Phi) is 6.11. The van der Waals surface area contributed by atoms with Gasteiger partial charge >= 0.3 is 0 Å². The van der Waals surface area contributed by atoms with Crippen LogP contribution in [0.5, 0.6) is 5.88 Å². The van der Waals surface area contributed by atoms with E-state index in [9.17, 15) is 9.59 Å². The van der Waals surface area contributed by atoms with Crippen molar-refractivity contribution >= 4 is 22.6 Å². The molecule has 9 heteroatoms. The van der Waals surface area contributed by atoms with Gasteiger partial charge in [0.25, 0.3) is 11.4 Å². The third kappa shape index (κ3) is 4.65. The fourth-order valence-electron chi connectivity index (χ4n) is 3.77. The second-order valence-electron chi connectivity index (χ2n) is 7.81. The van der Waals surface area contributed by atoms with Crippen LogP contribution in [-0.2, 0) is 11.3 Å². The Bertz CT molecular complexity index is 1130. The molecule has 0 spiro atoms. The molecule has 1 aliphatic rings. The van der Waals surface area contributed by atoms with E-state index in [-0.39, 0.29) is 24.0 Å². The lowest BCUT2D eigenvalue weighted by Gasteiger charge is -2.33. The van der Waals surface area contributed by atoms with Crippen molar-refractivity contribution in [3.05, 3.63) is 53.3 Å². The Morgan fingerprint density at radius 3 is 2.84 bits per heavy atom. The van der Waals surface area contributed by atoms with Crippen LogP contribution in [0, 0.1) is 0 Å². The summed E-state index contributed by atoms with van der Waals surface area (Å²) in [4.78, 5) is 42.0. The van der Waals surface area contributed by atoms with E-state index in [1.54, 1.807) is 29.4 Å². The number of rotatable bonds is 6. The van der Waals surface area contributed by atoms with Crippen LogP contribution < -0.4 is 15.2 Å². The number of ether oxygens (including phenoxy) is 1. The number of anilines is 1. The van der Waals surface area contributed by atoms with Crippen LogP contribution in [0.1, 0.15) is 19.3 Å². The van der Waals surface area contributed by atoms with E-state index in [4.69, 9.17) is 4.74 Å². The minimum atomic E-state index is -0.141. The van der Waals surface area contributed by atoms with Crippen molar-refractivity contribution in [2.24, 2.45) is 0 Å². The zero-order valence-electron chi connectivity index (χ0n) is 17.8. The number of fused-ring (bicyclic) bond motifs is 1. The highest BCUT2D eigenvalue weighted by Gasteiger charge is 2.26. The minimum absolute atomic E-state index is 0.000313. The summed E-state index contributed by atoms with van der Waals surface area (Å²) in [5, 5.41) is 0.560. The van der Waals surface area contributed by atoms with Crippen LogP contribution in [0.2, 0.25) is 0 Å². The largest absolute Gasteiger partial charge is 0.470 e. The normalized spacial score (nSPS) is 16.3. The van der Waals surface area contributed by atoms with E-state index in [0.29, 0.717) is 42.2 Å². The zero-order valence-corrected chi connectivity index (χ0v) is 17.8. The number of carbonyl (C=O) groups excluding carboxylic acids is 1. The van der Waals surface area contributed by atoms with Crippen molar-refractivity contribution < 1.29 is 9.53 Å². The molecule has 1 fully saturated rings. The molecule has 0 radical (unpaired) electrons. The first kappa shape index (κ1) is 20.8. The summed E-state index contributed by atoms with van der Waals surface area (Å²) in [7, 11) is 3.77. The first-order chi connectivity index (χ1) is 15.0. The number of benzene rings is 1. The average molecular weight is 422 g/mol. The molecule has 1 saturated heterocycles. The van der Waals surface area contributed by atoms with Crippen molar-refractivity contribution in [3.63, 3.8) is 0 Å². The second-order valence-corrected chi connectivity index (χ2v) is 7.81. The van der Waals surface area contributed by atoms with Crippen LogP contribution in [0.15, 0.2) is 47.8 Å². The molecule has 0 aliphatic carbocycles. The van der Waals surface area contributed by atoms with E-state index in [2.05, 4.69) is 15.0 Å². The van der Waals surface area contributed by atoms with Crippen molar-refractivity contribution in [2.45, 2.75) is 31.9 Å². The molecule has 4 rings (SSSR count). The number of hydrogen-bond donors (Lipinski definition) is 0. The monoisotopic (exact) mass is 422 g/mol. The van der Waals surface area contributed by atoms with Crippen molar-refractivity contribution in [1.29, 1.82) is 0 Å². The summed E-state index contributed by atoms with van der Waals surface area (Å²) in [5.74, 6) is 1.13. The SMILES string of the molecule is CN(C)c1nccnc1OC1CCCN(C(=O)CCn2cnc3ccccc3c2=O)C1. The predicted molar refractivity (Wildman–Crippen MR) is 117 cm³/mol. The quantitative estimate of drug-likeness (QED) is 0.597. The molecule has 1 aliphatic heterocycles. The topological polar surface area (TPSA) is 93.4 Å². The molecule has 2 aromatic heterocycles. The lowest BCUT2D eigenvalue weighted by atomic mass is 10.1. The Morgan fingerprint density at radius 1 is 1.19 bits per heavy atom. The molecule has 1 atom stereocenters. The number of piperidine rings is 1. The van der Waals surface area contributed by atoms with Gasteiger partial charge in [-0.2, -0.15) is 0 Å². The number of carbonyl (C=O) groups is 1. The van der Waals surface area contributed by atoms with Gasteiger partial charge in [-0.3, -0.25) is 14.2 Å². The second kappa shape index (κ2) is 9.11. The van der Waals surface area contributed by atoms with Crippen molar-refractivity contribution in [3.8, 4) is 5.88 Å². The van der Waals surface area contributed by atoms with Gasteiger partial charge < -0.3 is 14.5 Å². The van der Waals surface area contributed by atoms with Gasteiger partial charge in [0, 0.05) is 46.0 Å². The number of aromatic nitrogens is 4. The standard InChI is InChI=1S/C22H26N6O3/c1-26(2)20-21(24-11-10-23-20)31-16-6-5-12-27(14-16)19(29)9-13-28-15-25-18-8-4-3-7-17(18)22(28)30/h3-4,7-8,10-11,15-16H,5-6,9,12-14H2,1-2H3. The Balaban J connectivity index is 1.38. The number of likely N-dealkylation sites (tertiary alicyclic amines) is 1. The average Bonchev–Trinajstić information content (AvgIpc) is 2.79. The summed E-state index contributed by atoms with van der Waals surface area (Å²) in [6, 6.07) is 7.22. The number of aryl methyl sites for hydroxylation is 1. The van der Waals surface area contributed by atoms with Gasteiger partial charge in [-0.25, -0.2) is 15.0 Å². The summed E-state index contributed by atoms with van der Waals surface area (Å²) >= 11 is 0. The number of nitrogens with zero attached hydrogens (tertiary/aromatic N) is 6. The van der Waals surface area contributed by atoms with Crippen LogP contribution in [-0.4, -0.2) is 63.6 Å². The smallest absolute Gasteiger partial charge is 0.261 e. The lowest BCUT2D eigenvalue weighted by Crippen LogP contribution is -2.45. The van der Waals surface area contributed by atoms with Crippen LogP contribution in [0.25, 0.3) is 10.9 Å². The molecule has 162 valence electrons. The third-order valence-electron chi connectivity index (χ3n) is 5.38. The van der Waals surface area contributed by atoms with Crippen molar-refractivity contribution in [2.75, 3.05) is 32.1 Å². The lowest BCUT2D eigenvalue weighted by molar-refractivity contribution is -0.134. The molecule has 1 aromatic carbocycles. The van der Waals surface area contributed by atoms with E-state index >= 15 is 0 Å². The highest BCUT2D eigenvalue weighted by molar-refractivity contribution is 5.77. The first-order valence-corrected chi connectivity index (χ1v) is 10.4. The fourth-order valence-corrected chi connectivity index (χ4v) is 3.77. The molecule has 1 amide bonds. The molecular formula is C22H26N6O3. The first-order valence-electron chi connectivity index (χ1n) is 10.4. The Morgan fingerprint density at radius 2 is 2.00 bits per heavy atom. The maximum Gasteiger partial charge on any atom is 0.261 e. The fraction of sp³-hybridized carbons (Fsp3) is 0.409. The van der Waals surface area contributed by atoms with E-state index in [1.807, 2.05) is 31.1 Å². The highest BCUT2D eigenvalue weighted by atomic mass is 16.5. The maximum absolute atomic E-state index is 12.8. The van der Waals surface area contributed by atoms with Crippen LogP contribution >= 0.6 is 0 Å². The van der Waals surface area contributed by atoms with Gasteiger partial charge in [0.05, 0.1) is 23.8 Å². The number of hydrogen-bond acceptors (Lipinski definition) is 7. The zero-order chi connectivity index (χ0) is 21.8. The van der Waals surface area contributed by atoms with E-state index in [1.165, 1.54) is 10.9 Å². The molecule has 1 unspecified atom stereocenters. The van der Waals surface area contributed by atoms with E-state index in [0.717, 1.165) is 12.8 Å². The molecular weight excluding hydrogens is 396 g/mol. The Hall–Kier alpha value is -3.49. The highest BCUT2D eigenvalue weighted by Crippen LogP contribution is 2.24. The van der Waals surface area contributed by atoms with Gasteiger partial charge in [0.2, 0.25) is 5.91 Å². The Labute approximate surface area is 180 Å². The van der Waals surface area contributed by atoms with Crippen LogP contribution in [0.3, 0.4) is 0 Å². The van der Waals surface area contributed by atoms with Crippen LogP contribution in [0.4, 0.5) is 5.82 Å². The predicted octanol–water partition coefficient (Wildman–Crippen LogP) is 1.71. The summed E-state index contributed by atoms with van der Waals surface area (Å²) in [6.45, 7) is 1.48. The summed E-state index contributed by atoms with van der Waals surface area (Å²) in [5.41, 5.74) is 0.532. The summed E-state index contributed by atoms with van der Waals surface area (Å²) < 4.78 is 7.58. The number of amides is 1. The molecule has 9 nitrogen and oxygen atoms in total. The van der Waals surface area contributed by atoms with E-state index < -0.39 is 0 Å². The molecule has 0 N–H and O–H groups in total. The molecule has 31 heavy (non-hydrogen) atoms.